The van der Waals surface area contributed by atoms with Crippen molar-refractivity contribution < 1.29 is 14.3 Å². The van der Waals surface area contributed by atoms with Gasteiger partial charge in [0.2, 0.25) is 0 Å². The minimum Gasteiger partial charge on any atom is -0.452 e. The Morgan fingerprint density at radius 2 is 1.68 bits per heavy atom. The second-order valence-corrected chi connectivity index (χ2v) is 8.02. The molecule has 3 rings (SSSR count). The van der Waals surface area contributed by atoms with E-state index in [9.17, 15) is 9.59 Å². The zero-order chi connectivity index (χ0) is 22.4. The van der Waals surface area contributed by atoms with E-state index in [-0.39, 0.29) is 18.6 Å². The molecule has 0 radical (unpaired) electrons. The molecule has 1 amide bonds. The summed E-state index contributed by atoms with van der Waals surface area (Å²) in [6.07, 6.45) is 1.70. The number of hydrogen-bond acceptors (Lipinski definition) is 3. The van der Waals surface area contributed by atoms with Crippen LogP contribution in [0.15, 0.2) is 60.7 Å². The Morgan fingerprint density at radius 1 is 1.00 bits per heavy atom. The number of aromatic nitrogens is 1. The lowest BCUT2D eigenvalue weighted by molar-refractivity contribution is -0.124. The molecule has 1 atom stereocenters. The Kier molecular flexibility index (Phi) is 7.29. The molecule has 0 aliphatic carbocycles. The molecule has 0 spiro atoms. The topological polar surface area (TPSA) is 60.3 Å². The van der Waals surface area contributed by atoms with E-state index in [0.717, 1.165) is 29.9 Å². The second-order valence-electron chi connectivity index (χ2n) is 8.02. The van der Waals surface area contributed by atoms with Crippen LogP contribution in [0.25, 0.3) is 5.69 Å². The Bertz CT molecular complexity index is 1040. The molecule has 5 heteroatoms. The zero-order valence-corrected chi connectivity index (χ0v) is 18.6. The number of carbonyl (C=O) groups excluding carboxylic acids is 2. The van der Waals surface area contributed by atoms with Gasteiger partial charge in [0, 0.05) is 23.1 Å². The van der Waals surface area contributed by atoms with Gasteiger partial charge in [0.25, 0.3) is 5.91 Å². The molecule has 1 heterocycles. The van der Waals surface area contributed by atoms with Crippen LogP contribution in [0.1, 0.15) is 46.2 Å². The predicted octanol–water partition coefficient (Wildman–Crippen LogP) is 4.70. The highest BCUT2D eigenvalue weighted by atomic mass is 16.5. The standard InChI is InChI=1S/C26H30N2O3/c1-18-10-14-23(15-11-18)28-20(3)16-24(21(28)4)26(30)31-17-25(29)27-19(2)12-13-22-8-6-5-7-9-22/h5-11,14-16,19H,12-13,17H2,1-4H3,(H,27,29)/t19-/m1/s1. The second kappa shape index (κ2) is 10.1. The van der Waals surface area contributed by atoms with Crippen molar-refractivity contribution in [2.24, 2.45) is 0 Å². The van der Waals surface area contributed by atoms with E-state index >= 15 is 0 Å². The van der Waals surface area contributed by atoms with Gasteiger partial charge in [-0.15, -0.1) is 0 Å². The van der Waals surface area contributed by atoms with E-state index in [0.29, 0.717) is 5.56 Å². The third-order valence-electron chi connectivity index (χ3n) is 5.39. The average molecular weight is 419 g/mol. The molecule has 5 nitrogen and oxygen atoms in total. The molecule has 0 saturated heterocycles. The van der Waals surface area contributed by atoms with Gasteiger partial charge in [-0.1, -0.05) is 48.0 Å². The van der Waals surface area contributed by atoms with E-state index in [1.807, 2.05) is 74.7 Å². The highest BCUT2D eigenvalue weighted by Gasteiger charge is 2.19. The number of ether oxygens (including phenoxy) is 1. The van der Waals surface area contributed by atoms with Crippen LogP contribution in [-0.2, 0) is 16.0 Å². The van der Waals surface area contributed by atoms with Crippen LogP contribution in [0.5, 0.6) is 0 Å². The SMILES string of the molecule is Cc1ccc(-n2c(C)cc(C(=O)OCC(=O)N[C@H](C)CCc3ccccc3)c2C)cc1. The molecule has 0 aliphatic rings. The van der Waals surface area contributed by atoms with Crippen molar-refractivity contribution >= 4 is 11.9 Å². The largest absolute Gasteiger partial charge is 0.452 e. The van der Waals surface area contributed by atoms with Crippen LogP contribution in [-0.4, -0.2) is 29.1 Å². The van der Waals surface area contributed by atoms with Crippen LogP contribution < -0.4 is 5.32 Å². The predicted molar refractivity (Wildman–Crippen MR) is 123 cm³/mol. The molecule has 0 saturated carbocycles. The van der Waals surface area contributed by atoms with Gasteiger partial charge >= 0.3 is 5.97 Å². The first-order valence-electron chi connectivity index (χ1n) is 10.6. The van der Waals surface area contributed by atoms with Crippen molar-refractivity contribution in [3.63, 3.8) is 0 Å². The fourth-order valence-electron chi connectivity index (χ4n) is 3.69. The molecule has 1 N–H and O–H groups in total. The van der Waals surface area contributed by atoms with Gasteiger partial charge in [-0.3, -0.25) is 4.79 Å². The highest BCUT2D eigenvalue weighted by molar-refractivity contribution is 5.93. The van der Waals surface area contributed by atoms with Gasteiger partial charge in [0.05, 0.1) is 5.56 Å². The number of aryl methyl sites for hydroxylation is 3. The monoisotopic (exact) mass is 418 g/mol. The van der Waals surface area contributed by atoms with Crippen molar-refractivity contribution in [1.29, 1.82) is 0 Å². The van der Waals surface area contributed by atoms with Crippen LogP contribution in [0.2, 0.25) is 0 Å². The summed E-state index contributed by atoms with van der Waals surface area (Å²) < 4.78 is 7.31. The summed E-state index contributed by atoms with van der Waals surface area (Å²) in [6.45, 7) is 7.54. The van der Waals surface area contributed by atoms with Crippen molar-refractivity contribution in [2.75, 3.05) is 6.61 Å². The van der Waals surface area contributed by atoms with Gasteiger partial charge in [-0.25, -0.2) is 4.79 Å². The Morgan fingerprint density at radius 3 is 2.35 bits per heavy atom. The van der Waals surface area contributed by atoms with Gasteiger partial charge in [-0.05, 0) is 64.3 Å². The third kappa shape index (κ3) is 5.85. The zero-order valence-electron chi connectivity index (χ0n) is 18.6. The van der Waals surface area contributed by atoms with E-state index < -0.39 is 5.97 Å². The van der Waals surface area contributed by atoms with E-state index in [1.165, 1.54) is 11.1 Å². The number of benzene rings is 2. The number of nitrogens with zero attached hydrogens (tertiary/aromatic N) is 1. The maximum Gasteiger partial charge on any atom is 0.340 e. The third-order valence-corrected chi connectivity index (χ3v) is 5.39. The number of nitrogens with one attached hydrogen (secondary N) is 1. The first-order chi connectivity index (χ1) is 14.8. The van der Waals surface area contributed by atoms with E-state index in [4.69, 9.17) is 4.74 Å². The van der Waals surface area contributed by atoms with E-state index in [1.54, 1.807) is 6.07 Å². The summed E-state index contributed by atoms with van der Waals surface area (Å²) in [7, 11) is 0. The number of esters is 1. The molecule has 0 bridgehead atoms. The summed E-state index contributed by atoms with van der Waals surface area (Å²) in [6, 6.07) is 20.1. The minimum absolute atomic E-state index is 0.00184. The first kappa shape index (κ1) is 22.3. The van der Waals surface area contributed by atoms with Gasteiger partial charge in [0.15, 0.2) is 6.61 Å². The van der Waals surface area contributed by atoms with Gasteiger partial charge in [0.1, 0.15) is 0 Å². The van der Waals surface area contributed by atoms with Crippen molar-refractivity contribution in [3.05, 3.63) is 88.7 Å². The Hall–Kier alpha value is -3.34. The molecule has 3 aromatic rings. The highest BCUT2D eigenvalue weighted by Crippen LogP contribution is 2.22. The molecule has 0 aliphatic heterocycles. The quantitative estimate of drug-likeness (QED) is 0.540. The lowest BCUT2D eigenvalue weighted by atomic mass is 10.1. The minimum atomic E-state index is -0.487. The lowest BCUT2D eigenvalue weighted by Gasteiger charge is -2.14. The molecule has 31 heavy (non-hydrogen) atoms. The molecule has 162 valence electrons. The van der Waals surface area contributed by atoms with Gasteiger partial charge in [-0.2, -0.15) is 0 Å². The van der Waals surface area contributed by atoms with Crippen molar-refractivity contribution in [3.8, 4) is 5.69 Å². The van der Waals surface area contributed by atoms with Crippen LogP contribution >= 0.6 is 0 Å². The summed E-state index contributed by atoms with van der Waals surface area (Å²) in [5, 5.41) is 2.90. The lowest BCUT2D eigenvalue weighted by Crippen LogP contribution is -2.36. The Balaban J connectivity index is 1.54. The summed E-state index contributed by atoms with van der Waals surface area (Å²) in [4.78, 5) is 24.8. The fourth-order valence-corrected chi connectivity index (χ4v) is 3.69. The molecular weight excluding hydrogens is 388 g/mol. The number of hydrogen-bond donors (Lipinski definition) is 1. The van der Waals surface area contributed by atoms with Crippen LogP contribution in [0.4, 0.5) is 0 Å². The maximum atomic E-state index is 12.6. The number of carbonyl (C=O) groups is 2. The normalized spacial score (nSPS) is 11.7. The fraction of sp³-hybridized carbons (Fsp3) is 0.308. The van der Waals surface area contributed by atoms with Crippen molar-refractivity contribution in [2.45, 2.75) is 46.6 Å². The number of rotatable bonds is 8. The summed E-state index contributed by atoms with van der Waals surface area (Å²) in [5.74, 6) is -0.778. The van der Waals surface area contributed by atoms with E-state index in [2.05, 4.69) is 17.4 Å². The van der Waals surface area contributed by atoms with Crippen LogP contribution in [0, 0.1) is 20.8 Å². The first-order valence-corrected chi connectivity index (χ1v) is 10.6. The molecular formula is C26H30N2O3. The summed E-state index contributed by atoms with van der Waals surface area (Å²) in [5.41, 5.74) is 5.61. The molecule has 0 fully saturated rings. The van der Waals surface area contributed by atoms with Crippen LogP contribution in [0.3, 0.4) is 0 Å². The molecule has 2 aromatic carbocycles. The van der Waals surface area contributed by atoms with Crippen molar-refractivity contribution in [1.82, 2.24) is 9.88 Å². The summed E-state index contributed by atoms with van der Waals surface area (Å²) >= 11 is 0. The molecule has 0 unspecified atom stereocenters. The average Bonchev–Trinajstić information content (AvgIpc) is 3.06. The van der Waals surface area contributed by atoms with Gasteiger partial charge < -0.3 is 14.6 Å². The Labute approximate surface area is 184 Å². The number of amides is 1. The maximum absolute atomic E-state index is 12.6. The molecule has 1 aromatic heterocycles. The smallest absolute Gasteiger partial charge is 0.340 e.